The van der Waals surface area contributed by atoms with E-state index in [-0.39, 0.29) is 5.78 Å². The highest BCUT2D eigenvalue weighted by molar-refractivity contribution is 5.99. The van der Waals surface area contributed by atoms with Crippen molar-refractivity contribution < 1.29 is 28.5 Å². The van der Waals surface area contributed by atoms with Crippen LogP contribution in [0.15, 0.2) is 0 Å². The smallest absolute Gasteiger partial charge is 0.237 e. The molecular weight excluding hydrogens is 312 g/mol. The van der Waals surface area contributed by atoms with Crippen molar-refractivity contribution in [3.63, 3.8) is 0 Å². The van der Waals surface area contributed by atoms with Gasteiger partial charge >= 0.3 is 0 Å². The molecular formula is C18H26O6. The predicted molar refractivity (Wildman–Crippen MR) is 84.8 cm³/mol. The molecule has 24 heavy (non-hydrogen) atoms. The molecule has 6 heteroatoms. The maximum atomic E-state index is 12.5. The van der Waals surface area contributed by atoms with Gasteiger partial charge in [-0.25, -0.2) is 0 Å². The molecule has 5 atom stereocenters. The van der Waals surface area contributed by atoms with Crippen LogP contribution in [-0.4, -0.2) is 48.1 Å². The van der Waals surface area contributed by atoms with Crippen LogP contribution >= 0.6 is 0 Å². The van der Waals surface area contributed by atoms with Crippen LogP contribution in [0.5, 0.6) is 0 Å². The molecule has 0 aliphatic carbocycles. The second-order valence-corrected chi connectivity index (χ2v) is 7.36. The highest BCUT2D eigenvalue weighted by Crippen LogP contribution is 2.44. The number of carbonyl (C=O) groups excluding carboxylic acids is 1. The molecule has 0 amide bonds. The Kier molecular flexibility index (Phi) is 4.75. The Bertz CT molecular complexity index is 558. The zero-order chi connectivity index (χ0) is 17.5. The number of unbranched alkanes of at least 4 members (excludes halogenated alkanes) is 2. The van der Waals surface area contributed by atoms with E-state index in [4.69, 9.17) is 23.7 Å². The number of ketones is 1. The number of Topliss-reactive ketones (excluding diaryl/α,β-unsaturated/α-hetero) is 1. The number of ether oxygens (including phenoxy) is 5. The second-order valence-electron chi connectivity index (χ2n) is 7.36. The Balaban J connectivity index is 1.79. The van der Waals surface area contributed by atoms with Gasteiger partial charge in [0.25, 0.3) is 0 Å². The second kappa shape index (κ2) is 6.40. The lowest BCUT2D eigenvalue weighted by Gasteiger charge is -2.35. The summed E-state index contributed by atoms with van der Waals surface area (Å²) >= 11 is 0. The van der Waals surface area contributed by atoms with Crippen LogP contribution in [0.2, 0.25) is 0 Å². The fourth-order valence-electron chi connectivity index (χ4n) is 3.31. The molecule has 0 aromatic carbocycles. The summed E-state index contributed by atoms with van der Waals surface area (Å²) in [5.41, 5.74) is 0. The van der Waals surface area contributed by atoms with Crippen molar-refractivity contribution in [1.82, 2.24) is 0 Å². The van der Waals surface area contributed by atoms with Crippen LogP contribution < -0.4 is 0 Å². The Morgan fingerprint density at radius 2 is 1.58 bits per heavy atom. The summed E-state index contributed by atoms with van der Waals surface area (Å²) in [5.74, 6) is 3.70. The molecule has 134 valence electrons. The van der Waals surface area contributed by atoms with E-state index in [0.717, 1.165) is 12.8 Å². The molecule has 0 saturated carbocycles. The lowest BCUT2D eigenvalue weighted by molar-refractivity contribution is -0.228. The van der Waals surface area contributed by atoms with Crippen molar-refractivity contribution in [2.75, 3.05) is 0 Å². The van der Waals surface area contributed by atoms with Crippen molar-refractivity contribution in [3.8, 4) is 11.8 Å². The number of hydrogen-bond acceptors (Lipinski definition) is 6. The van der Waals surface area contributed by atoms with E-state index in [1.54, 1.807) is 0 Å². The van der Waals surface area contributed by atoms with Gasteiger partial charge in [-0.2, -0.15) is 0 Å². The minimum atomic E-state index is -0.829. The number of carbonyl (C=O) groups is 1. The molecule has 3 aliphatic heterocycles. The van der Waals surface area contributed by atoms with Crippen LogP contribution in [0.25, 0.3) is 0 Å². The largest absolute Gasteiger partial charge is 0.342 e. The van der Waals surface area contributed by atoms with Crippen molar-refractivity contribution in [2.24, 2.45) is 0 Å². The summed E-state index contributed by atoms with van der Waals surface area (Å²) in [7, 11) is 0. The van der Waals surface area contributed by atoms with Gasteiger partial charge in [-0.15, -0.1) is 0 Å². The highest BCUT2D eigenvalue weighted by atomic mass is 16.9. The average molecular weight is 338 g/mol. The summed E-state index contributed by atoms with van der Waals surface area (Å²) in [5, 5.41) is 0. The summed E-state index contributed by atoms with van der Waals surface area (Å²) in [6, 6.07) is 0. The molecule has 3 heterocycles. The van der Waals surface area contributed by atoms with E-state index < -0.39 is 42.3 Å². The minimum absolute atomic E-state index is 0.297. The molecule has 3 aliphatic rings. The maximum Gasteiger partial charge on any atom is 0.237 e. The standard InChI is InChI=1S/C18H26O6/c1-6-7-8-9-10-11(19)12-13-14(22-17(2,3)21-13)15-16(20-12)24-18(4,5)23-15/h12-16H,6-8H2,1-5H3/t12?,13-,14-,15+,16+/m0/s1. The summed E-state index contributed by atoms with van der Waals surface area (Å²) in [6.07, 6.45) is -0.176. The van der Waals surface area contributed by atoms with Crippen molar-refractivity contribution in [1.29, 1.82) is 0 Å². The molecule has 0 aromatic heterocycles. The van der Waals surface area contributed by atoms with E-state index >= 15 is 0 Å². The van der Waals surface area contributed by atoms with Gasteiger partial charge in [-0.05, 0) is 40.0 Å². The molecule has 0 N–H and O–H groups in total. The summed E-state index contributed by atoms with van der Waals surface area (Å²) in [4.78, 5) is 12.5. The first-order valence-electron chi connectivity index (χ1n) is 8.62. The van der Waals surface area contributed by atoms with Crippen molar-refractivity contribution in [3.05, 3.63) is 0 Å². The fourth-order valence-corrected chi connectivity index (χ4v) is 3.31. The third-order valence-corrected chi connectivity index (χ3v) is 4.28. The lowest BCUT2D eigenvalue weighted by Crippen LogP contribution is -2.57. The Morgan fingerprint density at radius 3 is 2.29 bits per heavy atom. The van der Waals surface area contributed by atoms with Crippen LogP contribution in [0.3, 0.4) is 0 Å². The number of hydrogen-bond donors (Lipinski definition) is 0. The van der Waals surface area contributed by atoms with Gasteiger partial charge in [0.05, 0.1) is 0 Å². The molecule has 3 rings (SSSR count). The van der Waals surface area contributed by atoms with Gasteiger partial charge < -0.3 is 23.7 Å². The third-order valence-electron chi connectivity index (χ3n) is 4.28. The monoisotopic (exact) mass is 338 g/mol. The van der Waals surface area contributed by atoms with E-state index in [1.165, 1.54) is 0 Å². The molecule has 1 unspecified atom stereocenters. The van der Waals surface area contributed by atoms with Crippen LogP contribution in [-0.2, 0) is 28.5 Å². The Hall–Kier alpha value is -0.970. The van der Waals surface area contributed by atoms with E-state index in [0.29, 0.717) is 6.42 Å². The minimum Gasteiger partial charge on any atom is -0.342 e. The number of fused-ring (bicyclic) bond motifs is 3. The third kappa shape index (κ3) is 3.51. The molecule has 0 spiro atoms. The SMILES string of the molecule is CCCCC#CC(=O)C1O[C@@H]2OC(C)(C)O[C@@H]2[C@H]2OC(C)(C)O[C@@H]12. The van der Waals surface area contributed by atoms with E-state index in [9.17, 15) is 4.79 Å². The van der Waals surface area contributed by atoms with Gasteiger partial charge in [0.2, 0.25) is 5.78 Å². The molecule has 0 aromatic rings. The van der Waals surface area contributed by atoms with Crippen LogP contribution in [0.4, 0.5) is 0 Å². The quantitative estimate of drug-likeness (QED) is 0.446. The first kappa shape index (κ1) is 17.8. The normalized spacial score (nSPS) is 38.8. The summed E-state index contributed by atoms with van der Waals surface area (Å²) < 4.78 is 29.4. The Morgan fingerprint density at radius 1 is 0.958 bits per heavy atom. The fraction of sp³-hybridized carbons (Fsp3) is 0.833. The topological polar surface area (TPSA) is 63.2 Å². The van der Waals surface area contributed by atoms with Gasteiger partial charge in [0.15, 0.2) is 24.0 Å². The first-order chi connectivity index (χ1) is 11.2. The molecule has 3 saturated heterocycles. The molecule has 0 radical (unpaired) electrons. The van der Waals surface area contributed by atoms with Crippen LogP contribution in [0.1, 0.15) is 53.9 Å². The van der Waals surface area contributed by atoms with Gasteiger partial charge in [-0.3, -0.25) is 4.79 Å². The molecule has 6 nitrogen and oxygen atoms in total. The first-order valence-corrected chi connectivity index (χ1v) is 8.62. The number of rotatable bonds is 3. The Labute approximate surface area is 143 Å². The van der Waals surface area contributed by atoms with Gasteiger partial charge in [0, 0.05) is 6.42 Å². The predicted octanol–water partition coefficient (Wildman–Crippen LogP) is 2.15. The van der Waals surface area contributed by atoms with E-state index in [2.05, 4.69) is 18.8 Å². The zero-order valence-corrected chi connectivity index (χ0v) is 15.0. The van der Waals surface area contributed by atoms with E-state index in [1.807, 2.05) is 27.7 Å². The summed E-state index contributed by atoms with van der Waals surface area (Å²) in [6.45, 7) is 9.34. The van der Waals surface area contributed by atoms with Gasteiger partial charge in [0.1, 0.15) is 18.3 Å². The highest BCUT2D eigenvalue weighted by Gasteiger charge is 2.61. The molecule has 0 bridgehead atoms. The molecule has 3 fully saturated rings. The maximum absolute atomic E-state index is 12.5. The van der Waals surface area contributed by atoms with Gasteiger partial charge in [-0.1, -0.05) is 19.3 Å². The van der Waals surface area contributed by atoms with Crippen molar-refractivity contribution in [2.45, 2.75) is 96.2 Å². The van der Waals surface area contributed by atoms with Crippen molar-refractivity contribution >= 4 is 5.78 Å². The zero-order valence-electron chi connectivity index (χ0n) is 15.0. The average Bonchev–Trinajstić information content (AvgIpc) is 2.96. The van der Waals surface area contributed by atoms with Crippen LogP contribution in [0, 0.1) is 11.8 Å². The lowest BCUT2D eigenvalue weighted by atomic mass is 9.96.